The summed E-state index contributed by atoms with van der Waals surface area (Å²) in [5, 5.41) is 57.6. The molecule has 2 aliphatic heterocycles. The molecule has 0 saturated carbocycles. The minimum absolute atomic E-state index is 0.0212. The van der Waals surface area contributed by atoms with E-state index in [1.807, 2.05) is 0 Å². The molecule has 2 amide bonds. The van der Waals surface area contributed by atoms with Gasteiger partial charge in [0.1, 0.15) is 29.6 Å². The van der Waals surface area contributed by atoms with Gasteiger partial charge in [0.15, 0.2) is 6.23 Å². The second kappa shape index (κ2) is 10.4. The highest BCUT2D eigenvalue weighted by Crippen LogP contribution is 2.38. The number of hydrogen-bond donors (Lipinski definition) is 8. The van der Waals surface area contributed by atoms with Gasteiger partial charge in [-0.1, -0.05) is 18.2 Å². The molecule has 1 aromatic heterocycles. The molecule has 194 valence electrons. The number of rotatable bonds is 8. The van der Waals surface area contributed by atoms with Gasteiger partial charge in [0.05, 0.1) is 30.9 Å². The number of benzene rings is 1. The van der Waals surface area contributed by atoms with Gasteiger partial charge in [-0.15, -0.1) is 0 Å². The number of hydroxylamine groups is 2. The average molecular weight is 504 g/mol. The number of hydrogen-bond acceptors (Lipinski definition) is 11. The van der Waals surface area contributed by atoms with Crippen molar-refractivity contribution in [2.24, 2.45) is 5.73 Å². The Labute approximate surface area is 206 Å². The van der Waals surface area contributed by atoms with Crippen LogP contribution >= 0.6 is 0 Å². The molecule has 2 bridgehead atoms. The Morgan fingerprint density at radius 1 is 1.17 bits per heavy atom. The molecule has 2 aromatic rings. The number of fused-ring (bicyclic) bond motifs is 2. The zero-order chi connectivity index (χ0) is 26.0. The van der Waals surface area contributed by atoms with E-state index in [4.69, 9.17) is 10.5 Å². The second-order valence-electron chi connectivity index (χ2n) is 8.96. The third-order valence-corrected chi connectivity index (χ3v) is 6.49. The number of carbonyl (C=O) groups is 2. The van der Waals surface area contributed by atoms with Crippen LogP contribution in [0.2, 0.25) is 0 Å². The number of phenolic OH excluding ortho intramolecular Hbond substituents is 1. The Morgan fingerprint density at radius 3 is 2.56 bits per heavy atom. The molecule has 0 spiro atoms. The highest BCUT2D eigenvalue weighted by atomic mass is 16.6. The van der Waals surface area contributed by atoms with E-state index < -0.39 is 60.6 Å². The molecule has 0 aliphatic carbocycles. The van der Waals surface area contributed by atoms with Crippen molar-refractivity contribution in [3.05, 3.63) is 59.9 Å². The monoisotopic (exact) mass is 503 g/mol. The van der Waals surface area contributed by atoms with E-state index in [-0.39, 0.29) is 18.7 Å². The molecule has 3 heterocycles. The number of amides is 2. The van der Waals surface area contributed by atoms with Crippen LogP contribution in [0, 0.1) is 0 Å². The molecule has 0 radical (unpaired) electrons. The molecule has 2 aliphatic rings. The lowest BCUT2D eigenvalue weighted by atomic mass is 9.80. The molecule has 13 nitrogen and oxygen atoms in total. The van der Waals surface area contributed by atoms with E-state index in [0.717, 1.165) is 0 Å². The van der Waals surface area contributed by atoms with Crippen molar-refractivity contribution in [2.45, 2.75) is 55.1 Å². The van der Waals surface area contributed by atoms with E-state index >= 15 is 0 Å². The van der Waals surface area contributed by atoms with Crippen molar-refractivity contribution in [3.63, 3.8) is 0 Å². The van der Waals surface area contributed by atoms with Crippen molar-refractivity contribution in [1.29, 1.82) is 0 Å². The molecule has 1 aromatic carbocycles. The van der Waals surface area contributed by atoms with Gasteiger partial charge < -0.3 is 46.7 Å². The van der Waals surface area contributed by atoms with Gasteiger partial charge in [0.25, 0.3) is 0 Å². The number of aliphatic hydroxyl groups is 3. The maximum atomic E-state index is 13.2. The molecule has 4 rings (SSSR count). The quantitative estimate of drug-likeness (QED) is 0.186. The number of aromatic hydroxyl groups is 1. The summed E-state index contributed by atoms with van der Waals surface area (Å²) in [6, 6.07) is 6.84. The molecule has 9 N–H and O–H groups in total. The fraction of sp³-hybridized carbons (Fsp3) is 0.435. The smallest absolute Gasteiger partial charge is 0.244 e. The van der Waals surface area contributed by atoms with Crippen LogP contribution in [0.15, 0.2) is 48.7 Å². The van der Waals surface area contributed by atoms with Crippen molar-refractivity contribution in [3.8, 4) is 5.75 Å². The summed E-state index contributed by atoms with van der Waals surface area (Å²) < 4.78 is 5.22. The molecule has 7 atom stereocenters. The molecule has 2 fully saturated rings. The Balaban J connectivity index is 1.55. The number of aromatic nitrogens is 1. The fourth-order valence-electron chi connectivity index (χ4n) is 4.40. The predicted octanol–water partition coefficient (Wildman–Crippen LogP) is -2.66. The normalized spacial score (nSPS) is 29.4. The standard InChI is InChI=1S/C23H29N5O8/c24-15(9-12-4-6-14(29)7-5-12)20(32)27-16(21(33)26-10-13-3-1-2-8-25-13)17-18(30)23(34)11-36-22(19(23)31)28(17)35/h1-8,15-19,22,29-31,34-35H,9-11,24H2,(H,26,33)(H,27,32)/t15-,16?,17-,18-,19-,22-,23+/m0/s1. The zero-order valence-corrected chi connectivity index (χ0v) is 19.1. The van der Waals surface area contributed by atoms with Gasteiger partial charge in [-0.2, -0.15) is 5.06 Å². The summed E-state index contributed by atoms with van der Waals surface area (Å²) in [7, 11) is 0. The number of ether oxygens (including phenoxy) is 1. The molecular formula is C23H29N5O8. The average Bonchev–Trinajstić information content (AvgIpc) is 3.13. The highest BCUT2D eigenvalue weighted by Gasteiger charge is 2.65. The number of carbonyl (C=O) groups excluding carboxylic acids is 2. The van der Waals surface area contributed by atoms with Gasteiger partial charge in [0, 0.05) is 6.20 Å². The van der Waals surface area contributed by atoms with Crippen molar-refractivity contribution < 1.29 is 40.0 Å². The van der Waals surface area contributed by atoms with E-state index in [9.17, 15) is 35.2 Å². The van der Waals surface area contributed by atoms with Gasteiger partial charge in [-0.25, -0.2) is 0 Å². The molecule has 13 heteroatoms. The van der Waals surface area contributed by atoms with Crippen molar-refractivity contribution >= 4 is 11.8 Å². The lowest BCUT2D eigenvalue weighted by Crippen LogP contribution is -2.74. The van der Waals surface area contributed by atoms with Gasteiger partial charge >= 0.3 is 0 Å². The first kappa shape index (κ1) is 25.9. The number of aliphatic hydroxyl groups excluding tert-OH is 2. The van der Waals surface area contributed by atoms with Crippen LogP contribution in [0.25, 0.3) is 0 Å². The van der Waals surface area contributed by atoms with Crippen molar-refractivity contribution in [2.75, 3.05) is 6.61 Å². The minimum atomic E-state index is -2.17. The van der Waals surface area contributed by atoms with E-state index in [1.54, 1.807) is 30.3 Å². The number of pyridine rings is 1. The lowest BCUT2D eigenvalue weighted by Gasteiger charge is -2.47. The van der Waals surface area contributed by atoms with E-state index in [0.29, 0.717) is 16.3 Å². The maximum Gasteiger partial charge on any atom is 0.244 e. The third-order valence-electron chi connectivity index (χ3n) is 6.49. The Morgan fingerprint density at radius 2 is 1.89 bits per heavy atom. The Hall–Kier alpha value is -3.17. The van der Waals surface area contributed by atoms with Crippen LogP contribution in [0.1, 0.15) is 11.3 Å². The van der Waals surface area contributed by atoms with Crippen LogP contribution < -0.4 is 16.4 Å². The van der Waals surface area contributed by atoms with Crippen LogP contribution in [0.3, 0.4) is 0 Å². The van der Waals surface area contributed by atoms with Crippen molar-refractivity contribution in [1.82, 2.24) is 20.7 Å². The third kappa shape index (κ3) is 5.03. The number of phenols is 1. The fourth-order valence-corrected chi connectivity index (χ4v) is 4.40. The summed E-state index contributed by atoms with van der Waals surface area (Å²) in [6.45, 7) is -0.517. The van der Waals surface area contributed by atoms with Gasteiger partial charge in [0.2, 0.25) is 11.8 Å². The van der Waals surface area contributed by atoms with Crippen LogP contribution in [-0.4, -0.2) is 96.3 Å². The first-order valence-corrected chi connectivity index (χ1v) is 11.3. The van der Waals surface area contributed by atoms with Crippen LogP contribution in [-0.2, 0) is 27.3 Å². The number of nitrogens with one attached hydrogen (secondary N) is 2. The first-order valence-electron chi connectivity index (χ1n) is 11.3. The first-order chi connectivity index (χ1) is 17.1. The summed E-state index contributed by atoms with van der Waals surface area (Å²) >= 11 is 0. The Kier molecular flexibility index (Phi) is 7.51. The number of piperidine rings is 1. The summed E-state index contributed by atoms with van der Waals surface area (Å²) in [5.41, 5.74) is 5.04. The molecule has 36 heavy (non-hydrogen) atoms. The number of nitrogens with two attached hydrogens (primary N) is 1. The van der Waals surface area contributed by atoms with Gasteiger partial charge in [-0.05, 0) is 36.2 Å². The summed E-state index contributed by atoms with van der Waals surface area (Å²) in [4.78, 5) is 30.3. The molecular weight excluding hydrogens is 474 g/mol. The lowest BCUT2D eigenvalue weighted by molar-refractivity contribution is -0.297. The largest absolute Gasteiger partial charge is 0.508 e. The topological polar surface area (TPSA) is 211 Å². The highest BCUT2D eigenvalue weighted by molar-refractivity contribution is 5.90. The second-order valence-corrected chi connectivity index (χ2v) is 8.96. The molecule has 2 saturated heterocycles. The maximum absolute atomic E-state index is 13.2. The van der Waals surface area contributed by atoms with E-state index in [2.05, 4.69) is 15.6 Å². The SMILES string of the molecule is N[C@@H](Cc1ccc(O)cc1)C(=O)NC(C(=O)NCc1ccccn1)[C@H]1[C@H](O)[C@]2(O)CO[C@@H]([C@@H]2O)N1O. The predicted molar refractivity (Wildman–Crippen MR) is 122 cm³/mol. The molecule has 1 unspecified atom stereocenters. The Bertz CT molecular complexity index is 1070. The van der Waals surface area contributed by atoms with E-state index in [1.165, 1.54) is 18.3 Å². The minimum Gasteiger partial charge on any atom is -0.508 e. The van der Waals surface area contributed by atoms with Crippen LogP contribution in [0.5, 0.6) is 5.75 Å². The van der Waals surface area contributed by atoms with Crippen LogP contribution in [0.4, 0.5) is 0 Å². The number of nitrogens with zero attached hydrogens (tertiary/aromatic N) is 2. The van der Waals surface area contributed by atoms with Gasteiger partial charge in [-0.3, -0.25) is 14.6 Å². The summed E-state index contributed by atoms with van der Waals surface area (Å²) in [6.07, 6.45) is -3.36. The zero-order valence-electron chi connectivity index (χ0n) is 19.1. The summed E-state index contributed by atoms with van der Waals surface area (Å²) in [5.74, 6) is -1.52.